The third-order valence-corrected chi connectivity index (χ3v) is 9.15. The van der Waals surface area contributed by atoms with Gasteiger partial charge in [0.2, 0.25) is 5.91 Å². The van der Waals surface area contributed by atoms with Crippen LogP contribution in [0.5, 0.6) is 5.75 Å². The third kappa shape index (κ3) is 6.48. The van der Waals surface area contributed by atoms with E-state index in [0.29, 0.717) is 45.5 Å². The Bertz CT molecular complexity index is 1430. The molecule has 3 aliphatic heterocycles. The number of benzene rings is 2. The molecular weight excluding hydrogens is 565 g/mol. The van der Waals surface area contributed by atoms with Gasteiger partial charge in [-0.3, -0.25) is 19.3 Å². The third-order valence-electron chi connectivity index (χ3n) is 6.72. The summed E-state index contributed by atoms with van der Waals surface area (Å²) in [5.41, 5.74) is 3.00. The first-order valence-corrected chi connectivity index (χ1v) is 14.9. The number of aryl methyl sites for hydroxylation is 1. The number of carbonyl (C=O) groups excluding carboxylic acids is 3. The maximum absolute atomic E-state index is 13.0. The zero-order chi connectivity index (χ0) is 28.2. The van der Waals surface area contributed by atoms with Crippen LogP contribution in [0.25, 0.3) is 12.2 Å². The van der Waals surface area contributed by atoms with Crippen molar-refractivity contribution in [2.75, 3.05) is 39.8 Å². The van der Waals surface area contributed by atoms with Crippen LogP contribution in [-0.2, 0) is 14.4 Å². The zero-order valence-corrected chi connectivity index (χ0v) is 24.6. The number of nitrogens with zero attached hydrogens (tertiary/aromatic N) is 4. The summed E-state index contributed by atoms with van der Waals surface area (Å²) in [4.78, 5) is 49.1. The second-order valence-corrected chi connectivity index (χ2v) is 12.1. The lowest BCUT2D eigenvalue weighted by atomic mass is 10.1. The largest absolute Gasteiger partial charge is 0.497 e. The van der Waals surface area contributed by atoms with E-state index in [1.54, 1.807) is 18.1 Å². The van der Waals surface area contributed by atoms with E-state index >= 15 is 0 Å². The molecule has 206 valence electrons. The Morgan fingerprint density at radius 1 is 0.950 bits per heavy atom. The molecule has 3 amide bonds. The average Bonchev–Trinajstić information content (AvgIpc) is 3.46. The fourth-order valence-electron chi connectivity index (χ4n) is 4.40. The molecule has 2 aromatic rings. The highest BCUT2D eigenvalue weighted by Gasteiger charge is 2.33. The fourth-order valence-corrected chi connectivity index (χ4v) is 6.68. The quantitative estimate of drug-likeness (QED) is 0.361. The van der Waals surface area contributed by atoms with Gasteiger partial charge in [0.25, 0.3) is 11.8 Å². The molecule has 0 aromatic heterocycles. The Balaban J connectivity index is 1.10. The highest BCUT2D eigenvalue weighted by atomic mass is 32.2. The van der Waals surface area contributed by atoms with Crippen molar-refractivity contribution >= 4 is 75.1 Å². The SMILES string of the molecule is COc1ccc(/C=C2/SC(=S)N(CCC(=O)N3CCN(C4=NC(=O)/C(=C\c5ccc(C)cc5)S4)CC3)C2=O)cc1. The van der Waals surface area contributed by atoms with Crippen molar-refractivity contribution in [3.63, 3.8) is 0 Å². The number of ether oxygens (including phenoxy) is 1. The summed E-state index contributed by atoms with van der Waals surface area (Å²) in [5.74, 6) is 0.305. The number of aliphatic imine (C=N–C) groups is 1. The Morgan fingerprint density at radius 2 is 1.57 bits per heavy atom. The minimum Gasteiger partial charge on any atom is -0.497 e. The van der Waals surface area contributed by atoms with Gasteiger partial charge in [0, 0.05) is 39.1 Å². The van der Waals surface area contributed by atoms with Crippen LogP contribution in [0.15, 0.2) is 63.3 Å². The van der Waals surface area contributed by atoms with Gasteiger partial charge in [-0.1, -0.05) is 65.9 Å². The van der Waals surface area contributed by atoms with E-state index in [2.05, 4.69) is 4.99 Å². The lowest BCUT2D eigenvalue weighted by Crippen LogP contribution is -2.50. The molecule has 0 saturated carbocycles. The van der Waals surface area contributed by atoms with E-state index < -0.39 is 0 Å². The Hall–Kier alpha value is -3.41. The van der Waals surface area contributed by atoms with Crippen LogP contribution in [-0.4, -0.2) is 81.7 Å². The number of methoxy groups -OCH3 is 1. The summed E-state index contributed by atoms with van der Waals surface area (Å²) < 4.78 is 5.64. The fraction of sp³-hybridized carbons (Fsp3) is 0.276. The van der Waals surface area contributed by atoms with E-state index in [1.807, 2.05) is 66.4 Å². The number of carbonyl (C=O) groups is 3. The molecule has 0 aliphatic carbocycles. The number of thiocarbonyl (C=S) groups is 1. The summed E-state index contributed by atoms with van der Waals surface area (Å²) >= 11 is 8.05. The maximum Gasteiger partial charge on any atom is 0.286 e. The van der Waals surface area contributed by atoms with E-state index in [9.17, 15) is 14.4 Å². The molecule has 0 N–H and O–H groups in total. The number of piperazine rings is 1. The molecule has 0 spiro atoms. The Labute approximate surface area is 247 Å². The minimum atomic E-state index is -0.233. The van der Waals surface area contributed by atoms with E-state index in [-0.39, 0.29) is 30.7 Å². The molecule has 0 unspecified atom stereocenters. The molecule has 2 aromatic carbocycles. The van der Waals surface area contributed by atoms with Crippen molar-refractivity contribution in [1.82, 2.24) is 14.7 Å². The molecule has 40 heavy (non-hydrogen) atoms. The zero-order valence-electron chi connectivity index (χ0n) is 22.2. The molecule has 5 rings (SSSR count). The van der Waals surface area contributed by atoms with Crippen LogP contribution < -0.4 is 4.74 Å². The van der Waals surface area contributed by atoms with Gasteiger partial charge >= 0.3 is 0 Å². The molecular formula is C29H28N4O4S3. The van der Waals surface area contributed by atoms with Crippen molar-refractivity contribution in [2.45, 2.75) is 13.3 Å². The molecule has 2 saturated heterocycles. The highest BCUT2D eigenvalue weighted by molar-refractivity contribution is 8.26. The molecule has 3 aliphatic rings. The lowest BCUT2D eigenvalue weighted by Gasteiger charge is -2.35. The second-order valence-electron chi connectivity index (χ2n) is 9.45. The maximum atomic E-state index is 13.0. The molecule has 0 bridgehead atoms. The summed E-state index contributed by atoms with van der Waals surface area (Å²) in [7, 11) is 1.60. The molecule has 0 radical (unpaired) electrons. The molecule has 11 heteroatoms. The first-order valence-electron chi connectivity index (χ1n) is 12.8. The van der Waals surface area contributed by atoms with Crippen molar-refractivity contribution < 1.29 is 19.1 Å². The Kier molecular flexibility index (Phi) is 8.72. The summed E-state index contributed by atoms with van der Waals surface area (Å²) in [5, 5.41) is 0.677. The number of hydrogen-bond donors (Lipinski definition) is 0. The molecule has 3 heterocycles. The average molecular weight is 593 g/mol. The lowest BCUT2D eigenvalue weighted by molar-refractivity contribution is -0.133. The predicted molar refractivity (Wildman–Crippen MR) is 165 cm³/mol. The molecule has 0 atom stereocenters. The molecule has 8 nitrogen and oxygen atoms in total. The first kappa shape index (κ1) is 28.1. The molecule has 2 fully saturated rings. The normalized spacial score (nSPS) is 19.7. The summed E-state index contributed by atoms with van der Waals surface area (Å²) in [6, 6.07) is 15.4. The van der Waals surface area contributed by atoms with Gasteiger partial charge < -0.3 is 14.5 Å². The van der Waals surface area contributed by atoms with Gasteiger partial charge in [-0.15, -0.1) is 0 Å². The van der Waals surface area contributed by atoms with Crippen molar-refractivity contribution in [2.24, 2.45) is 4.99 Å². The standard InChI is InChI=1S/C29H28N4O4S3/c1-19-3-5-20(6-4-19)17-23-26(35)30-28(39-23)32-15-13-31(14-16-32)25(34)11-12-33-27(36)24(40-29(33)38)18-21-7-9-22(37-2)10-8-21/h3-10,17-18H,11-16H2,1-2H3/b23-17+,24-18+. The number of hydrogen-bond acceptors (Lipinski definition) is 8. The van der Waals surface area contributed by atoms with Crippen molar-refractivity contribution in [3.8, 4) is 5.75 Å². The van der Waals surface area contributed by atoms with Crippen LogP contribution in [0.1, 0.15) is 23.1 Å². The van der Waals surface area contributed by atoms with Crippen LogP contribution in [0.2, 0.25) is 0 Å². The summed E-state index contributed by atoms with van der Waals surface area (Å²) in [6.45, 7) is 4.51. The van der Waals surface area contributed by atoms with Crippen molar-refractivity contribution in [1.29, 1.82) is 0 Å². The van der Waals surface area contributed by atoms with Gasteiger partial charge in [0.1, 0.15) is 10.1 Å². The van der Waals surface area contributed by atoms with Crippen molar-refractivity contribution in [3.05, 3.63) is 75.0 Å². The second kappa shape index (κ2) is 12.4. The highest BCUT2D eigenvalue weighted by Crippen LogP contribution is 2.33. The van der Waals surface area contributed by atoms with Gasteiger partial charge in [-0.2, -0.15) is 4.99 Å². The van der Waals surface area contributed by atoms with Crippen LogP contribution in [0.3, 0.4) is 0 Å². The minimum absolute atomic E-state index is 0.0233. The number of rotatable bonds is 6. The predicted octanol–water partition coefficient (Wildman–Crippen LogP) is 4.41. The van der Waals surface area contributed by atoms with Crippen LogP contribution >= 0.6 is 35.7 Å². The van der Waals surface area contributed by atoms with E-state index in [0.717, 1.165) is 22.4 Å². The Morgan fingerprint density at radius 3 is 2.23 bits per heavy atom. The smallest absolute Gasteiger partial charge is 0.286 e. The van der Waals surface area contributed by atoms with Gasteiger partial charge in [0.15, 0.2) is 5.17 Å². The van der Waals surface area contributed by atoms with Gasteiger partial charge in [0.05, 0.1) is 16.9 Å². The van der Waals surface area contributed by atoms with Gasteiger partial charge in [-0.25, -0.2) is 0 Å². The van der Waals surface area contributed by atoms with Crippen LogP contribution in [0, 0.1) is 6.92 Å². The number of amidine groups is 1. The topological polar surface area (TPSA) is 82.5 Å². The van der Waals surface area contributed by atoms with E-state index in [4.69, 9.17) is 17.0 Å². The number of amides is 3. The monoisotopic (exact) mass is 592 g/mol. The first-order chi connectivity index (χ1) is 19.3. The van der Waals surface area contributed by atoms with Crippen LogP contribution in [0.4, 0.5) is 0 Å². The van der Waals surface area contributed by atoms with Gasteiger partial charge in [-0.05, 0) is 54.1 Å². The number of thioether (sulfide) groups is 2. The van der Waals surface area contributed by atoms with E-state index in [1.165, 1.54) is 28.4 Å². The summed E-state index contributed by atoms with van der Waals surface area (Å²) in [6.07, 6.45) is 3.86.